The second-order valence-electron chi connectivity index (χ2n) is 5.78. The molecule has 0 radical (unpaired) electrons. The average molecular weight is 348 g/mol. The minimum atomic E-state index is -0.0965. The number of aromatic nitrogens is 2. The maximum Gasteiger partial charge on any atom is 0.240 e. The van der Waals surface area contributed by atoms with Gasteiger partial charge in [0.15, 0.2) is 0 Å². The summed E-state index contributed by atoms with van der Waals surface area (Å²) in [6, 6.07) is 7.54. The quantitative estimate of drug-likeness (QED) is 0.759. The Morgan fingerprint density at radius 1 is 1.38 bits per heavy atom. The number of hydrogen-bond acceptors (Lipinski definition) is 7. The van der Waals surface area contributed by atoms with E-state index in [1.807, 2.05) is 12.1 Å². The van der Waals surface area contributed by atoms with Crippen molar-refractivity contribution in [2.24, 2.45) is 0 Å². The molecule has 2 N–H and O–H groups in total. The van der Waals surface area contributed by atoms with Crippen molar-refractivity contribution in [3.8, 4) is 5.75 Å². The van der Waals surface area contributed by atoms with Gasteiger partial charge in [0.2, 0.25) is 11.0 Å². The molecule has 24 heavy (non-hydrogen) atoms. The van der Waals surface area contributed by atoms with Crippen LogP contribution in [0.3, 0.4) is 0 Å². The van der Waals surface area contributed by atoms with Crippen LogP contribution in [0.1, 0.15) is 23.4 Å². The highest BCUT2D eigenvalue weighted by Crippen LogP contribution is 2.28. The smallest absolute Gasteiger partial charge is 0.240 e. The highest BCUT2D eigenvalue weighted by molar-refractivity contribution is 7.15. The minimum Gasteiger partial charge on any atom is -0.508 e. The van der Waals surface area contributed by atoms with Gasteiger partial charge >= 0.3 is 0 Å². The molecule has 1 fully saturated rings. The standard InChI is InChI=1S/C16H20N4O3S/c1-23-10-15-18-19-16(24-15)17-14(22)9-20(12-4-5-12)8-11-2-6-13(21)7-3-11/h2-3,6-7,12,21H,4-5,8-10H2,1H3,(H,17,19,22). The molecule has 1 aliphatic rings. The fourth-order valence-corrected chi connectivity index (χ4v) is 3.15. The second kappa shape index (κ2) is 7.69. The number of carbonyl (C=O) groups excluding carboxylic acids is 1. The van der Waals surface area contributed by atoms with Crippen LogP contribution < -0.4 is 5.32 Å². The van der Waals surface area contributed by atoms with E-state index in [1.54, 1.807) is 19.2 Å². The van der Waals surface area contributed by atoms with Crippen LogP contribution in [-0.4, -0.2) is 45.8 Å². The van der Waals surface area contributed by atoms with E-state index in [0.717, 1.165) is 23.4 Å². The Kier molecular flexibility index (Phi) is 5.39. The van der Waals surface area contributed by atoms with E-state index >= 15 is 0 Å². The number of aromatic hydroxyl groups is 1. The van der Waals surface area contributed by atoms with Crippen molar-refractivity contribution in [1.29, 1.82) is 0 Å². The molecule has 0 spiro atoms. The molecule has 1 aliphatic carbocycles. The van der Waals surface area contributed by atoms with Gasteiger partial charge in [0.1, 0.15) is 17.4 Å². The van der Waals surface area contributed by atoms with Gasteiger partial charge in [-0.15, -0.1) is 10.2 Å². The SMILES string of the molecule is COCc1nnc(NC(=O)CN(Cc2ccc(O)cc2)C2CC2)s1. The fourth-order valence-electron chi connectivity index (χ4n) is 2.42. The number of rotatable bonds is 8. The number of nitrogens with zero attached hydrogens (tertiary/aromatic N) is 3. The fraction of sp³-hybridized carbons (Fsp3) is 0.438. The lowest BCUT2D eigenvalue weighted by molar-refractivity contribution is -0.117. The summed E-state index contributed by atoms with van der Waals surface area (Å²) in [5.41, 5.74) is 1.07. The molecule has 0 bridgehead atoms. The zero-order valence-corrected chi connectivity index (χ0v) is 14.3. The van der Waals surface area contributed by atoms with E-state index in [-0.39, 0.29) is 11.7 Å². The van der Waals surface area contributed by atoms with Crippen molar-refractivity contribution >= 4 is 22.4 Å². The summed E-state index contributed by atoms with van der Waals surface area (Å²) in [5, 5.41) is 21.3. The summed E-state index contributed by atoms with van der Waals surface area (Å²) in [5.74, 6) is 0.151. The molecular weight excluding hydrogens is 328 g/mol. The third-order valence-corrected chi connectivity index (χ3v) is 4.53. The van der Waals surface area contributed by atoms with Crippen LogP contribution in [-0.2, 0) is 22.7 Å². The van der Waals surface area contributed by atoms with Gasteiger partial charge in [-0.25, -0.2) is 0 Å². The lowest BCUT2D eigenvalue weighted by Crippen LogP contribution is -2.34. The Balaban J connectivity index is 1.56. The van der Waals surface area contributed by atoms with Crippen LogP contribution >= 0.6 is 11.3 Å². The van der Waals surface area contributed by atoms with Gasteiger partial charge in [-0.3, -0.25) is 15.0 Å². The molecule has 1 saturated carbocycles. The molecule has 1 heterocycles. The number of benzene rings is 1. The largest absolute Gasteiger partial charge is 0.508 e. The summed E-state index contributed by atoms with van der Waals surface area (Å²) in [4.78, 5) is 14.4. The number of carbonyl (C=O) groups is 1. The Hall–Kier alpha value is -2.03. The molecule has 2 aromatic rings. The highest BCUT2D eigenvalue weighted by atomic mass is 32.1. The van der Waals surface area contributed by atoms with Crippen LogP contribution in [0.15, 0.2) is 24.3 Å². The molecule has 3 rings (SSSR count). The predicted molar refractivity (Wildman–Crippen MR) is 90.8 cm³/mol. The number of nitrogens with one attached hydrogen (secondary N) is 1. The zero-order valence-electron chi connectivity index (χ0n) is 13.4. The van der Waals surface area contributed by atoms with Gasteiger partial charge in [0.25, 0.3) is 0 Å². The molecule has 0 saturated heterocycles. The first-order valence-electron chi connectivity index (χ1n) is 7.77. The summed E-state index contributed by atoms with van der Waals surface area (Å²) in [6.45, 7) is 1.39. The number of ether oxygens (including phenoxy) is 1. The maximum absolute atomic E-state index is 12.3. The highest BCUT2D eigenvalue weighted by Gasteiger charge is 2.30. The van der Waals surface area contributed by atoms with Crippen molar-refractivity contribution < 1.29 is 14.6 Å². The first-order valence-corrected chi connectivity index (χ1v) is 8.59. The molecule has 1 aromatic carbocycles. The summed E-state index contributed by atoms with van der Waals surface area (Å²) in [7, 11) is 1.59. The topological polar surface area (TPSA) is 87.6 Å². The van der Waals surface area contributed by atoms with Crippen LogP contribution in [0.25, 0.3) is 0 Å². The number of anilines is 1. The number of hydrogen-bond donors (Lipinski definition) is 2. The van der Waals surface area contributed by atoms with Crippen molar-refractivity contribution in [3.63, 3.8) is 0 Å². The van der Waals surface area contributed by atoms with Crippen LogP contribution in [0, 0.1) is 0 Å². The van der Waals surface area contributed by atoms with Gasteiger partial charge in [-0.2, -0.15) is 0 Å². The molecule has 0 aliphatic heterocycles. The van der Waals surface area contributed by atoms with E-state index < -0.39 is 0 Å². The molecule has 1 aromatic heterocycles. The normalized spacial score (nSPS) is 14.1. The minimum absolute atomic E-state index is 0.0965. The number of phenolic OH excluding ortho intramolecular Hbond substituents is 1. The van der Waals surface area contributed by atoms with Crippen molar-refractivity contribution in [1.82, 2.24) is 15.1 Å². The van der Waals surface area contributed by atoms with E-state index in [1.165, 1.54) is 11.3 Å². The summed E-state index contributed by atoms with van der Waals surface area (Å²) < 4.78 is 4.99. The van der Waals surface area contributed by atoms with Gasteiger partial charge in [-0.05, 0) is 30.5 Å². The van der Waals surface area contributed by atoms with E-state index in [9.17, 15) is 9.90 Å². The summed E-state index contributed by atoms with van der Waals surface area (Å²) >= 11 is 1.32. The molecule has 0 unspecified atom stereocenters. The Morgan fingerprint density at radius 2 is 2.12 bits per heavy atom. The van der Waals surface area contributed by atoms with Gasteiger partial charge in [0, 0.05) is 19.7 Å². The Labute approximate surface area is 144 Å². The lowest BCUT2D eigenvalue weighted by atomic mass is 10.2. The average Bonchev–Trinajstić information content (AvgIpc) is 3.31. The van der Waals surface area contributed by atoms with Crippen LogP contribution in [0.5, 0.6) is 5.75 Å². The lowest BCUT2D eigenvalue weighted by Gasteiger charge is -2.21. The van der Waals surface area contributed by atoms with Gasteiger partial charge in [-0.1, -0.05) is 23.5 Å². The molecule has 0 atom stereocenters. The zero-order chi connectivity index (χ0) is 16.9. The third-order valence-electron chi connectivity index (χ3n) is 3.71. The molecular formula is C16H20N4O3S. The molecule has 8 heteroatoms. The summed E-state index contributed by atoms with van der Waals surface area (Å²) in [6.07, 6.45) is 2.23. The third kappa shape index (κ3) is 4.73. The molecule has 1 amide bonds. The number of phenols is 1. The Morgan fingerprint density at radius 3 is 2.79 bits per heavy atom. The maximum atomic E-state index is 12.3. The molecule has 7 nitrogen and oxygen atoms in total. The first kappa shape index (κ1) is 16.8. The van der Waals surface area contributed by atoms with Crippen LogP contribution in [0.4, 0.5) is 5.13 Å². The second-order valence-corrected chi connectivity index (χ2v) is 6.85. The first-order chi connectivity index (χ1) is 11.6. The van der Waals surface area contributed by atoms with Gasteiger partial charge < -0.3 is 9.84 Å². The Bertz CT molecular complexity index is 685. The number of methoxy groups -OCH3 is 1. The van der Waals surface area contributed by atoms with E-state index in [4.69, 9.17) is 4.74 Å². The van der Waals surface area contributed by atoms with Gasteiger partial charge in [0.05, 0.1) is 6.54 Å². The predicted octanol–water partition coefficient (Wildman–Crippen LogP) is 1.99. The van der Waals surface area contributed by atoms with E-state index in [0.29, 0.717) is 30.9 Å². The number of amides is 1. The van der Waals surface area contributed by atoms with Crippen molar-refractivity contribution in [2.75, 3.05) is 19.0 Å². The van der Waals surface area contributed by atoms with Crippen molar-refractivity contribution in [3.05, 3.63) is 34.8 Å². The van der Waals surface area contributed by atoms with Crippen molar-refractivity contribution in [2.45, 2.75) is 32.0 Å². The van der Waals surface area contributed by atoms with Crippen LogP contribution in [0.2, 0.25) is 0 Å². The monoisotopic (exact) mass is 348 g/mol. The van der Waals surface area contributed by atoms with E-state index in [2.05, 4.69) is 20.4 Å². The molecule has 128 valence electrons.